The zero-order valence-electron chi connectivity index (χ0n) is 10.4. The van der Waals surface area contributed by atoms with E-state index in [2.05, 4.69) is 20.1 Å². The Balaban J connectivity index is 1.87. The number of anilines is 1. The van der Waals surface area contributed by atoms with E-state index in [0.717, 1.165) is 37.5 Å². The lowest BCUT2D eigenvalue weighted by molar-refractivity contribution is 0.394. The molecule has 2 aromatic heterocycles. The molecule has 0 saturated carbocycles. The summed E-state index contributed by atoms with van der Waals surface area (Å²) in [5.41, 5.74) is 6.50. The van der Waals surface area contributed by atoms with Crippen molar-refractivity contribution in [1.82, 2.24) is 19.6 Å². The van der Waals surface area contributed by atoms with E-state index in [4.69, 9.17) is 5.73 Å². The zero-order chi connectivity index (χ0) is 12.4. The van der Waals surface area contributed by atoms with Gasteiger partial charge in [0, 0.05) is 25.5 Å². The van der Waals surface area contributed by atoms with Gasteiger partial charge in [-0.3, -0.25) is 4.40 Å². The summed E-state index contributed by atoms with van der Waals surface area (Å²) >= 11 is 0. The van der Waals surface area contributed by atoms with Crippen molar-refractivity contribution in [3.63, 3.8) is 0 Å². The van der Waals surface area contributed by atoms with Gasteiger partial charge in [0.25, 0.3) is 0 Å². The lowest BCUT2D eigenvalue weighted by atomic mass is 9.95. The largest absolute Gasteiger partial charge is 0.353 e. The molecule has 1 fully saturated rings. The highest BCUT2D eigenvalue weighted by Gasteiger charge is 2.22. The number of piperidine rings is 1. The third-order valence-corrected chi connectivity index (χ3v) is 3.59. The molecule has 1 unspecified atom stereocenters. The highest BCUT2D eigenvalue weighted by Crippen LogP contribution is 2.25. The van der Waals surface area contributed by atoms with Gasteiger partial charge in [0.15, 0.2) is 5.82 Å². The van der Waals surface area contributed by atoms with Crippen LogP contribution in [0.15, 0.2) is 18.7 Å². The monoisotopic (exact) mass is 246 g/mol. The molecule has 3 heterocycles. The van der Waals surface area contributed by atoms with Gasteiger partial charge in [0.1, 0.15) is 6.33 Å². The number of hydrogen-bond acceptors (Lipinski definition) is 5. The standard InChI is InChI=1S/C12H18N6/c13-4-3-10-2-1-6-17(8-10)11-12-16-15-9-18(12)7-5-14-11/h5,7,9-10H,1-4,6,8,13H2. The van der Waals surface area contributed by atoms with Gasteiger partial charge in [-0.2, -0.15) is 0 Å². The summed E-state index contributed by atoms with van der Waals surface area (Å²) in [7, 11) is 0. The molecular formula is C12H18N6. The lowest BCUT2D eigenvalue weighted by Gasteiger charge is -2.33. The minimum atomic E-state index is 0.675. The molecule has 1 atom stereocenters. The molecule has 0 aromatic carbocycles. The molecule has 0 spiro atoms. The summed E-state index contributed by atoms with van der Waals surface area (Å²) in [4.78, 5) is 6.78. The van der Waals surface area contributed by atoms with Crippen molar-refractivity contribution in [3.05, 3.63) is 18.7 Å². The molecule has 6 nitrogen and oxygen atoms in total. The number of fused-ring (bicyclic) bond motifs is 1. The van der Waals surface area contributed by atoms with Crippen molar-refractivity contribution in [1.29, 1.82) is 0 Å². The normalized spacial score (nSPS) is 20.5. The molecule has 18 heavy (non-hydrogen) atoms. The molecule has 1 aliphatic heterocycles. The predicted molar refractivity (Wildman–Crippen MR) is 69.4 cm³/mol. The average Bonchev–Trinajstić information content (AvgIpc) is 2.87. The van der Waals surface area contributed by atoms with Gasteiger partial charge in [-0.15, -0.1) is 10.2 Å². The molecular weight excluding hydrogens is 228 g/mol. The first-order chi connectivity index (χ1) is 8.88. The van der Waals surface area contributed by atoms with E-state index in [9.17, 15) is 0 Å². The summed E-state index contributed by atoms with van der Waals surface area (Å²) in [6.45, 7) is 2.83. The van der Waals surface area contributed by atoms with Gasteiger partial charge in [0.2, 0.25) is 5.65 Å². The van der Waals surface area contributed by atoms with Crippen molar-refractivity contribution in [2.24, 2.45) is 11.7 Å². The third kappa shape index (κ3) is 2.03. The molecule has 0 bridgehead atoms. The van der Waals surface area contributed by atoms with Crippen LogP contribution in [0.25, 0.3) is 5.65 Å². The summed E-state index contributed by atoms with van der Waals surface area (Å²) in [5.74, 6) is 1.62. The van der Waals surface area contributed by atoms with Gasteiger partial charge in [-0.1, -0.05) is 0 Å². The Morgan fingerprint density at radius 2 is 2.39 bits per heavy atom. The molecule has 3 rings (SSSR count). The first kappa shape index (κ1) is 11.4. The smallest absolute Gasteiger partial charge is 0.203 e. The maximum absolute atomic E-state index is 5.66. The number of nitrogens with two attached hydrogens (primary N) is 1. The fraction of sp³-hybridized carbons (Fsp3) is 0.583. The maximum Gasteiger partial charge on any atom is 0.203 e. The molecule has 2 N–H and O–H groups in total. The van der Waals surface area contributed by atoms with E-state index in [1.165, 1.54) is 12.8 Å². The topological polar surface area (TPSA) is 72.3 Å². The Bertz CT molecular complexity index is 520. The first-order valence-electron chi connectivity index (χ1n) is 6.48. The van der Waals surface area contributed by atoms with Gasteiger partial charge in [0.05, 0.1) is 0 Å². The predicted octanol–water partition coefficient (Wildman–Crippen LogP) is 0.689. The van der Waals surface area contributed by atoms with Gasteiger partial charge < -0.3 is 10.6 Å². The third-order valence-electron chi connectivity index (χ3n) is 3.59. The van der Waals surface area contributed by atoms with Crippen LogP contribution in [0.2, 0.25) is 0 Å². The van der Waals surface area contributed by atoms with Crippen molar-refractivity contribution >= 4 is 11.5 Å². The Morgan fingerprint density at radius 1 is 1.44 bits per heavy atom. The van der Waals surface area contributed by atoms with Crippen molar-refractivity contribution in [3.8, 4) is 0 Å². The second-order valence-electron chi connectivity index (χ2n) is 4.84. The molecule has 0 aliphatic carbocycles. The van der Waals surface area contributed by atoms with Crippen LogP contribution in [0.3, 0.4) is 0 Å². The van der Waals surface area contributed by atoms with Crippen LogP contribution in [0.1, 0.15) is 19.3 Å². The van der Waals surface area contributed by atoms with Crippen molar-refractivity contribution < 1.29 is 0 Å². The highest BCUT2D eigenvalue weighted by molar-refractivity contribution is 5.63. The van der Waals surface area contributed by atoms with Crippen LogP contribution >= 0.6 is 0 Å². The molecule has 1 saturated heterocycles. The number of aromatic nitrogens is 4. The Morgan fingerprint density at radius 3 is 3.28 bits per heavy atom. The van der Waals surface area contributed by atoms with Crippen molar-refractivity contribution in [2.75, 3.05) is 24.5 Å². The molecule has 0 amide bonds. The van der Waals surface area contributed by atoms with E-state index >= 15 is 0 Å². The minimum Gasteiger partial charge on any atom is -0.353 e. The van der Waals surface area contributed by atoms with E-state index in [1.54, 1.807) is 12.5 Å². The van der Waals surface area contributed by atoms with Crippen LogP contribution < -0.4 is 10.6 Å². The van der Waals surface area contributed by atoms with Crippen LogP contribution in [0.4, 0.5) is 5.82 Å². The Labute approximate surface area is 106 Å². The second-order valence-corrected chi connectivity index (χ2v) is 4.84. The summed E-state index contributed by atoms with van der Waals surface area (Å²) in [6, 6.07) is 0. The fourth-order valence-corrected chi connectivity index (χ4v) is 2.70. The fourth-order valence-electron chi connectivity index (χ4n) is 2.70. The Kier molecular flexibility index (Phi) is 3.10. The van der Waals surface area contributed by atoms with E-state index in [1.807, 2.05) is 10.6 Å². The van der Waals surface area contributed by atoms with Gasteiger partial charge >= 0.3 is 0 Å². The molecule has 2 aromatic rings. The first-order valence-corrected chi connectivity index (χ1v) is 6.48. The van der Waals surface area contributed by atoms with E-state index in [0.29, 0.717) is 5.92 Å². The zero-order valence-corrected chi connectivity index (χ0v) is 10.4. The maximum atomic E-state index is 5.66. The van der Waals surface area contributed by atoms with Crippen LogP contribution in [0.5, 0.6) is 0 Å². The number of hydrogen-bond donors (Lipinski definition) is 1. The van der Waals surface area contributed by atoms with E-state index < -0.39 is 0 Å². The summed E-state index contributed by atoms with van der Waals surface area (Å²) in [6.07, 6.45) is 8.94. The van der Waals surface area contributed by atoms with Crippen LogP contribution in [-0.2, 0) is 0 Å². The van der Waals surface area contributed by atoms with Crippen LogP contribution in [-0.4, -0.2) is 39.2 Å². The highest BCUT2D eigenvalue weighted by atomic mass is 15.3. The quantitative estimate of drug-likeness (QED) is 0.862. The second kappa shape index (κ2) is 4.89. The number of rotatable bonds is 3. The minimum absolute atomic E-state index is 0.675. The Hall–Kier alpha value is -1.69. The van der Waals surface area contributed by atoms with Crippen LogP contribution in [0, 0.1) is 5.92 Å². The molecule has 1 aliphatic rings. The SMILES string of the molecule is NCCC1CCCN(c2nccn3cnnc23)C1. The summed E-state index contributed by atoms with van der Waals surface area (Å²) in [5, 5.41) is 8.09. The molecule has 96 valence electrons. The van der Waals surface area contributed by atoms with Gasteiger partial charge in [-0.05, 0) is 31.7 Å². The van der Waals surface area contributed by atoms with Crippen molar-refractivity contribution in [2.45, 2.75) is 19.3 Å². The average molecular weight is 246 g/mol. The van der Waals surface area contributed by atoms with E-state index in [-0.39, 0.29) is 0 Å². The molecule has 0 radical (unpaired) electrons. The van der Waals surface area contributed by atoms with Gasteiger partial charge in [-0.25, -0.2) is 4.98 Å². The lowest BCUT2D eigenvalue weighted by Crippen LogP contribution is -2.37. The number of nitrogens with zero attached hydrogens (tertiary/aromatic N) is 5. The molecule has 6 heteroatoms. The summed E-state index contributed by atoms with van der Waals surface area (Å²) < 4.78 is 1.91.